The van der Waals surface area contributed by atoms with E-state index in [-0.39, 0.29) is 28.4 Å². The summed E-state index contributed by atoms with van der Waals surface area (Å²) in [6.07, 6.45) is 2.78. The first-order valence-electron chi connectivity index (χ1n) is 9.82. The van der Waals surface area contributed by atoms with E-state index < -0.39 is 16.1 Å². The van der Waals surface area contributed by atoms with Gasteiger partial charge in [-0.15, -0.1) is 0 Å². The number of methoxy groups -OCH3 is 1. The average molecular weight is 460 g/mol. The summed E-state index contributed by atoms with van der Waals surface area (Å²) in [5.41, 5.74) is 0.740. The third-order valence-corrected chi connectivity index (χ3v) is 7.58. The Balaban J connectivity index is 1.52. The number of fused-ring (bicyclic) bond motifs is 1. The zero-order valence-electron chi connectivity index (χ0n) is 16.9. The van der Waals surface area contributed by atoms with Gasteiger partial charge in [0, 0.05) is 49.4 Å². The van der Waals surface area contributed by atoms with Gasteiger partial charge in [0.25, 0.3) is 5.91 Å². The lowest BCUT2D eigenvalue weighted by Crippen LogP contribution is -2.41. The summed E-state index contributed by atoms with van der Waals surface area (Å²) in [6, 6.07) is 13.9. The fourth-order valence-corrected chi connectivity index (χ4v) is 5.94. The first-order chi connectivity index (χ1) is 14.9. The number of hydrogen-bond donors (Lipinski definition) is 1. The highest BCUT2D eigenvalue weighted by molar-refractivity contribution is 7.89. The summed E-state index contributed by atoms with van der Waals surface area (Å²) >= 11 is 6.27. The molecule has 31 heavy (non-hydrogen) atoms. The second-order valence-electron chi connectivity index (χ2n) is 7.36. The smallest absolute Gasteiger partial charge is 0.254 e. The maximum atomic E-state index is 13.4. The molecule has 1 aromatic heterocycles. The highest BCUT2D eigenvalue weighted by Gasteiger charge is 2.35. The third kappa shape index (κ3) is 4.29. The van der Waals surface area contributed by atoms with E-state index in [1.165, 1.54) is 17.6 Å². The van der Waals surface area contributed by atoms with Crippen LogP contribution in [0.5, 0.6) is 0 Å². The lowest BCUT2D eigenvalue weighted by atomic mass is 10.1. The monoisotopic (exact) mass is 459 g/mol. The van der Waals surface area contributed by atoms with Crippen LogP contribution in [0.2, 0.25) is 5.02 Å². The van der Waals surface area contributed by atoms with Gasteiger partial charge in [-0.1, -0.05) is 54.1 Å². The summed E-state index contributed by atoms with van der Waals surface area (Å²) in [6.45, 7) is 0.480. The molecule has 0 spiro atoms. The molecule has 162 valence electrons. The quantitative estimate of drug-likeness (QED) is 0.611. The average Bonchev–Trinajstić information content (AvgIpc) is 3.24. The van der Waals surface area contributed by atoms with Gasteiger partial charge in [-0.3, -0.25) is 9.78 Å². The first-order valence-corrected chi connectivity index (χ1v) is 11.6. The van der Waals surface area contributed by atoms with E-state index in [1.807, 2.05) is 30.3 Å². The van der Waals surface area contributed by atoms with Crippen LogP contribution < -0.4 is 5.32 Å². The normalized spacial score (nSPS) is 18.2. The minimum atomic E-state index is -3.80. The summed E-state index contributed by atoms with van der Waals surface area (Å²) in [4.78, 5) is 16.9. The number of halogens is 1. The highest BCUT2D eigenvalue weighted by atomic mass is 35.5. The number of pyridine rings is 1. The van der Waals surface area contributed by atoms with Crippen molar-refractivity contribution < 1.29 is 17.9 Å². The van der Waals surface area contributed by atoms with Gasteiger partial charge in [0.2, 0.25) is 10.0 Å². The van der Waals surface area contributed by atoms with Gasteiger partial charge < -0.3 is 10.1 Å². The molecule has 0 radical (unpaired) electrons. The molecule has 1 unspecified atom stereocenters. The van der Waals surface area contributed by atoms with Gasteiger partial charge in [0.1, 0.15) is 0 Å². The van der Waals surface area contributed by atoms with Crippen molar-refractivity contribution in [2.45, 2.75) is 23.5 Å². The van der Waals surface area contributed by atoms with Crippen LogP contribution in [0.3, 0.4) is 0 Å². The number of hydrogen-bond acceptors (Lipinski definition) is 5. The Morgan fingerprint density at radius 1 is 1.19 bits per heavy atom. The van der Waals surface area contributed by atoms with Crippen LogP contribution in [0.1, 0.15) is 18.1 Å². The summed E-state index contributed by atoms with van der Waals surface area (Å²) < 4.78 is 33.5. The van der Waals surface area contributed by atoms with Crippen LogP contribution in [0.15, 0.2) is 65.8 Å². The van der Waals surface area contributed by atoms with Crippen molar-refractivity contribution >= 4 is 38.3 Å². The lowest BCUT2D eigenvalue weighted by molar-refractivity contribution is -0.132. The Kier molecular flexibility index (Phi) is 6.24. The van der Waals surface area contributed by atoms with Crippen LogP contribution in [0, 0.1) is 0 Å². The molecule has 2 heterocycles. The van der Waals surface area contributed by atoms with E-state index in [0.29, 0.717) is 23.7 Å². The number of rotatable bonds is 6. The first kappa shape index (κ1) is 21.7. The molecular weight excluding hydrogens is 438 g/mol. The second kappa shape index (κ2) is 8.92. The van der Waals surface area contributed by atoms with Crippen molar-refractivity contribution in [1.29, 1.82) is 0 Å². The van der Waals surface area contributed by atoms with Crippen LogP contribution in [0.4, 0.5) is 0 Å². The van der Waals surface area contributed by atoms with E-state index in [4.69, 9.17) is 16.3 Å². The van der Waals surface area contributed by atoms with Crippen molar-refractivity contribution in [3.8, 4) is 0 Å². The zero-order valence-corrected chi connectivity index (χ0v) is 18.4. The zero-order chi connectivity index (χ0) is 22.0. The second-order valence-corrected chi connectivity index (χ2v) is 9.67. The number of nitrogens with zero attached hydrogens (tertiary/aromatic N) is 2. The number of carbonyl (C=O) groups is 1. The number of carbonyl (C=O) groups excluding carboxylic acids is 1. The van der Waals surface area contributed by atoms with Gasteiger partial charge >= 0.3 is 0 Å². The molecule has 2 aromatic carbocycles. The largest absolute Gasteiger partial charge is 0.367 e. The van der Waals surface area contributed by atoms with E-state index >= 15 is 0 Å². The van der Waals surface area contributed by atoms with Gasteiger partial charge in [0.05, 0.1) is 9.92 Å². The summed E-state index contributed by atoms with van der Waals surface area (Å²) in [7, 11) is -2.32. The van der Waals surface area contributed by atoms with Gasteiger partial charge in [-0.25, -0.2) is 8.42 Å². The molecule has 1 amide bonds. The van der Waals surface area contributed by atoms with Crippen molar-refractivity contribution in [2.75, 3.05) is 20.2 Å². The maximum Gasteiger partial charge on any atom is 0.254 e. The number of sulfonamides is 1. The molecule has 1 fully saturated rings. The SMILES string of the molecule is CO[C@@H](C(=O)NC1CCN(S(=O)(=O)c2cccc3cncc(Cl)c23)C1)c1ccccc1. The Hall–Kier alpha value is -2.52. The van der Waals surface area contributed by atoms with E-state index in [0.717, 1.165) is 5.56 Å². The van der Waals surface area contributed by atoms with Crippen LogP contribution in [-0.4, -0.2) is 49.9 Å². The Morgan fingerprint density at radius 2 is 1.97 bits per heavy atom. The van der Waals surface area contributed by atoms with Crippen LogP contribution >= 0.6 is 11.6 Å². The Morgan fingerprint density at radius 3 is 2.71 bits per heavy atom. The molecule has 0 aliphatic carbocycles. The van der Waals surface area contributed by atoms with E-state index in [9.17, 15) is 13.2 Å². The topological polar surface area (TPSA) is 88.6 Å². The molecule has 9 heteroatoms. The molecule has 0 bridgehead atoms. The fraction of sp³-hybridized carbons (Fsp3) is 0.273. The van der Waals surface area contributed by atoms with Crippen molar-refractivity contribution in [1.82, 2.24) is 14.6 Å². The Bertz CT molecular complexity index is 1200. The molecule has 1 aliphatic heterocycles. The Labute approximate surface area is 186 Å². The van der Waals surface area contributed by atoms with Gasteiger partial charge in [0.15, 0.2) is 6.10 Å². The van der Waals surface area contributed by atoms with Crippen LogP contribution in [-0.2, 0) is 19.6 Å². The minimum Gasteiger partial charge on any atom is -0.367 e. The van der Waals surface area contributed by atoms with E-state index in [2.05, 4.69) is 10.3 Å². The molecule has 2 atom stereocenters. The highest BCUT2D eigenvalue weighted by Crippen LogP contribution is 2.32. The molecule has 1 aliphatic rings. The predicted octanol–water partition coefficient (Wildman–Crippen LogP) is 3.16. The molecule has 3 aromatic rings. The number of nitrogens with one attached hydrogen (secondary N) is 1. The third-order valence-electron chi connectivity index (χ3n) is 5.39. The number of benzene rings is 2. The number of amides is 1. The van der Waals surface area contributed by atoms with E-state index in [1.54, 1.807) is 24.4 Å². The maximum absolute atomic E-state index is 13.4. The standard InChI is InChI=1S/C22H22ClN3O4S/c1-30-21(15-6-3-2-4-7-15)22(27)25-17-10-11-26(14-17)31(28,29)19-9-5-8-16-12-24-13-18(23)20(16)19/h2-9,12-13,17,21H,10-11,14H2,1H3,(H,25,27)/t17?,21-/m1/s1. The molecular formula is C22H22ClN3O4S. The lowest BCUT2D eigenvalue weighted by Gasteiger charge is -2.20. The molecule has 1 saturated heterocycles. The number of aromatic nitrogens is 1. The molecule has 4 rings (SSSR count). The summed E-state index contributed by atoms with van der Waals surface area (Å²) in [5.74, 6) is -0.294. The van der Waals surface area contributed by atoms with Gasteiger partial charge in [-0.2, -0.15) is 4.31 Å². The van der Waals surface area contributed by atoms with Crippen molar-refractivity contribution in [3.63, 3.8) is 0 Å². The molecule has 7 nitrogen and oxygen atoms in total. The number of ether oxygens (including phenoxy) is 1. The molecule has 1 N–H and O–H groups in total. The predicted molar refractivity (Wildman–Crippen MR) is 118 cm³/mol. The summed E-state index contributed by atoms with van der Waals surface area (Å²) in [5, 5.41) is 4.32. The van der Waals surface area contributed by atoms with Crippen molar-refractivity contribution in [3.05, 3.63) is 71.5 Å². The van der Waals surface area contributed by atoms with Crippen molar-refractivity contribution in [2.24, 2.45) is 0 Å². The molecule has 0 saturated carbocycles. The minimum absolute atomic E-state index is 0.142. The fourth-order valence-electron chi connectivity index (χ4n) is 3.88. The van der Waals surface area contributed by atoms with Crippen LogP contribution in [0.25, 0.3) is 10.8 Å². The van der Waals surface area contributed by atoms with Gasteiger partial charge in [-0.05, 0) is 18.1 Å².